The molecule has 11 nitrogen and oxygen atoms in total. The predicted octanol–water partition coefficient (Wildman–Crippen LogP) is 19.5. The van der Waals surface area contributed by atoms with Gasteiger partial charge in [-0.15, -0.1) is 0 Å². The second-order valence-corrected chi connectivity index (χ2v) is 21.9. The van der Waals surface area contributed by atoms with Gasteiger partial charge in [-0.25, -0.2) is 4.57 Å². The average Bonchev–Trinajstić information content (AvgIpc) is 3.50. The largest absolute Gasteiger partial charge is 0.472 e. The number of carbonyl (C=O) groups is 3. The summed E-state index contributed by atoms with van der Waals surface area (Å²) < 4.78 is 39.6. The summed E-state index contributed by atoms with van der Waals surface area (Å²) >= 11 is 0. The molecule has 12 heteroatoms. The van der Waals surface area contributed by atoms with E-state index in [4.69, 9.17) is 23.3 Å². The van der Waals surface area contributed by atoms with Gasteiger partial charge in [-0.1, -0.05) is 237 Å². The van der Waals surface area contributed by atoms with Crippen molar-refractivity contribution in [3.8, 4) is 0 Å². The number of esters is 3. The van der Waals surface area contributed by atoms with E-state index in [1.54, 1.807) is 0 Å². The number of hydrogen-bond donors (Lipinski definition) is 2. The molecular formula is C70H113O11P. The summed E-state index contributed by atoms with van der Waals surface area (Å²) in [5, 5.41) is 9.86. The molecule has 0 amide bonds. The summed E-state index contributed by atoms with van der Waals surface area (Å²) in [5.41, 5.74) is 0. The maximum Gasteiger partial charge on any atom is 0.472 e. The van der Waals surface area contributed by atoms with Crippen LogP contribution in [0.2, 0.25) is 0 Å². The molecule has 0 aliphatic rings. The van der Waals surface area contributed by atoms with Crippen molar-refractivity contribution in [2.45, 2.75) is 251 Å². The lowest BCUT2D eigenvalue weighted by Crippen LogP contribution is -2.30. The van der Waals surface area contributed by atoms with Gasteiger partial charge in [-0.3, -0.25) is 23.4 Å². The number of rotatable bonds is 57. The quantitative estimate of drug-likeness (QED) is 0.0197. The summed E-state index contributed by atoms with van der Waals surface area (Å²) in [5.74, 6) is -1.61. The van der Waals surface area contributed by atoms with Crippen molar-refractivity contribution in [3.05, 3.63) is 146 Å². The van der Waals surface area contributed by atoms with Crippen LogP contribution in [0.1, 0.15) is 239 Å². The molecule has 0 aromatic heterocycles. The number of carbonyl (C=O) groups excluding carboxylic acids is 3. The molecule has 0 aromatic rings. The van der Waals surface area contributed by atoms with Crippen LogP contribution in [-0.4, -0.2) is 66.5 Å². The molecular weight excluding hydrogens is 1050 g/mol. The molecule has 0 heterocycles. The van der Waals surface area contributed by atoms with E-state index in [0.29, 0.717) is 25.7 Å². The van der Waals surface area contributed by atoms with Crippen LogP contribution >= 0.6 is 7.82 Å². The van der Waals surface area contributed by atoms with Crippen LogP contribution in [0.5, 0.6) is 0 Å². The third-order valence-electron chi connectivity index (χ3n) is 12.7. The fourth-order valence-corrected chi connectivity index (χ4v) is 8.77. The Labute approximate surface area is 499 Å². The van der Waals surface area contributed by atoms with E-state index in [-0.39, 0.29) is 25.9 Å². The molecule has 3 unspecified atom stereocenters. The van der Waals surface area contributed by atoms with Gasteiger partial charge < -0.3 is 24.2 Å². The fourth-order valence-electron chi connectivity index (χ4n) is 7.99. The summed E-state index contributed by atoms with van der Waals surface area (Å²) in [6.07, 6.45) is 81.0. The van der Waals surface area contributed by atoms with E-state index in [0.717, 1.165) is 116 Å². The Balaban J connectivity index is 4.84. The lowest BCUT2D eigenvalue weighted by atomic mass is 10.1. The van der Waals surface area contributed by atoms with Gasteiger partial charge in [0.05, 0.1) is 19.8 Å². The monoisotopic (exact) mass is 1160 g/mol. The third kappa shape index (κ3) is 60.0. The molecule has 0 rings (SSSR count). The molecule has 0 radical (unpaired) electrons. The van der Waals surface area contributed by atoms with E-state index in [9.17, 15) is 28.9 Å². The standard InChI is InChI=1S/C70H113O11P/c1-4-7-10-13-16-19-22-25-28-31-33-36-39-42-45-48-51-54-57-60-69(73)80-66(62-71)64-78-82(75,76)79-65-67(63-77-68(72)59-56-53-50-47-44-41-38-35-30-27-24-21-18-15-12-9-6-3)81-70(74)61-58-55-52-49-46-43-40-37-34-32-29-26-23-20-17-14-11-8-5-2/h8-9,11-12,16-21,25-30,34,37-38,41,43,46,52,55,66-67,71H,4-7,10,13-15,22-24,31-33,35-36,39-40,42,44-45,47-51,53-54,56-65H2,1-3H3,(H,75,76)/b11-8-,12-9-,19-16-,20-17-,21-18-,28-25-,29-26-,30-27-,37-34-,41-38-,46-43-,55-52-. The first-order valence-corrected chi connectivity index (χ1v) is 33.2. The minimum Gasteiger partial charge on any atom is -0.462 e. The highest BCUT2D eigenvalue weighted by Crippen LogP contribution is 2.43. The number of phosphoric ester groups is 1. The maximum absolute atomic E-state index is 13.0. The Hall–Kier alpha value is -4.64. The Bertz CT molecular complexity index is 1930. The molecule has 2 N–H and O–H groups in total. The first-order chi connectivity index (χ1) is 40.2. The SMILES string of the molecule is CC/C=C\C/C=C\C/C=C\C/C=C\C/C=C\C/C=C\CCC(=O)OC(COC(=O)CCCCCC/C=C\C/C=C\C/C=C\C/C=C\CC)COP(=O)(O)OCC(CO)OC(=O)CCCCCCCCCCC/C=C\C/C=C\CCCCC. The van der Waals surface area contributed by atoms with E-state index >= 15 is 0 Å². The molecule has 0 saturated carbocycles. The highest BCUT2D eigenvalue weighted by atomic mass is 31.2. The second-order valence-electron chi connectivity index (χ2n) is 20.5. The van der Waals surface area contributed by atoms with Crippen molar-refractivity contribution in [2.24, 2.45) is 0 Å². The van der Waals surface area contributed by atoms with Crippen LogP contribution in [0.25, 0.3) is 0 Å². The Morgan fingerprint density at radius 2 is 0.659 bits per heavy atom. The van der Waals surface area contributed by atoms with Crippen LogP contribution in [0.3, 0.4) is 0 Å². The van der Waals surface area contributed by atoms with Crippen LogP contribution < -0.4 is 0 Å². The summed E-state index contributed by atoms with van der Waals surface area (Å²) in [4.78, 5) is 48.7. The van der Waals surface area contributed by atoms with Crippen molar-refractivity contribution in [2.75, 3.05) is 26.4 Å². The Morgan fingerprint density at radius 3 is 1.05 bits per heavy atom. The topological polar surface area (TPSA) is 155 Å². The predicted molar refractivity (Wildman–Crippen MR) is 343 cm³/mol. The zero-order valence-corrected chi connectivity index (χ0v) is 52.3. The number of phosphoric acid groups is 1. The molecule has 0 aliphatic carbocycles. The van der Waals surface area contributed by atoms with Gasteiger partial charge in [0.15, 0.2) is 6.10 Å². The number of unbranched alkanes of at least 4 members (excludes halogenated alkanes) is 16. The van der Waals surface area contributed by atoms with Crippen LogP contribution in [-0.2, 0) is 42.2 Å². The van der Waals surface area contributed by atoms with Crippen molar-refractivity contribution in [1.29, 1.82) is 0 Å². The molecule has 0 aromatic carbocycles. The van der Waals surface area contributed by atoms with Gasteiger partial charge >= 0.3 is 25.7 Å². The Kier molecular flexibility index (Phi) is 58.9. The normalized spacial score (nSPS) is 14.3. The van der Waals surface area contributed by atoms with Crippen LogP contribution in [0, 0.1) is 0 Å². The number of hydrogen-bond acceptors (Lipinski definition) is 10. The fraction of sp³-hybridized carbons (Fsp3) is 0.614. The van der Waals surface area contributed by atoms with Crippen molar-refractivity contribution < 1.29 is 52.2 Å². The summed E-state index contributed by atoms with van der Waals surface area (Å²) in [6.45, 7) is 4.28. The van der Waals surface area contributed by atoms with Crippen LogP contribution in [0.15, 0.2) is 146 Å². The summed E-state index contributed by atoms with van der Waals surface area (Å²) in [7, 11) is -4.79. The third-order valence-corrected chi connectivity index (χ3v) is 13.7. The van der Waals surface area contributed by atoms with E-state index in [2.05, 4.69) is 154 Å². The Morgan fingerprint density at radius 1 is 0.354 bits per heavy atom. The highest BCUT2D eigenvalue weighted by Gasteiger charge is 2.28. The lowest BCUT2D eigenvalue weighted by Gasteiger charge is -2.21. The highest BCUT2D eigenvalue weighted by molar-refractivity contribution is 7.47. The smallest absolute Gasteiger partial charge is 0.462 e. The van der Waals surface area contributed by atoms with Gasteiger partial charge in [-0.05, 0) is 128 Å². The first kappa shape index (κ1) is 77.4. The molecule has 464 valence electrons. The lowest BCUT2D eigenvalue weighted by molar-refractivity contribution is -0.161. The second kappa shape index (κ2) is 62.4. The molecule has 0 aliphatic heterocycles. The number of allylic oxidation sites excluding steroid dienone is 24. The van der Waals surface area contributed by atoms with Crippen LogP contribution in [0.4, 0.5) is 0 Å². The van der Waals surface area contributed by atoms with Gasteiger partial charge in [0.25, 0.3) is 0 Å². The minimum absolute atomic E-state index is 0.0287. The molecule has 82 heavy (non-hydrogen) atoms. The van der Waals surface area contributed by atoms with Crippen molar-refractivity contribution >= 4 is 25.7 Å². The molecule has 0 bridgehead atoms. The summed E-state index contributed by atoms with van der Waals surface area (Å²) in [6, 6.07) is 0. The van der Waals surface area contributed by atoms with E-state index in [1.165, 1.54) is 57.8 Å². The van der Waals surface area contributed by atoms with Gasteiger partial charge in [-0.2, -0.15) is 0 Å². The zero-order valence-electron chi connectivity index (χ0n) is 51.4. The molecule has 0 saturated heterocycles. The molecule has 0 spiro atoms. The zero-order chi connectivity index (χ0) is 59.8. The van der Waals surface area contributed by atoms with E-state index < -0.39 is 57.8 Å². The first-order valence-electron chi connectivity index (χ1n) is 31.7. The number of aliphatic hydroxyl groups is 1. The molecule has 0 fully saturated rings. The number of ether oxygens (including phenoxy) is 3. The average molecular weight is 1160 g/mol. The number of aliphatic hydroxyl groups excluding tert-OH is 1. The van der Waals surface area contributed by atoms with Crippen molar-refractivity contribution in [3.63, 3.8) is 0 Å². The van der Waals surface area contributed by atoms with Gasteiger partial charge in [0.1, 0.15) is 12.7 Å². The molecule has 3 atom stereocenters. The van der Waals surface area contributed by atoms with Gasteiger partial charge in [0, 0.05) is 19.3 Å². The van der Waals surface area contributed by atoms with Crippen molar-refractivity contribution in [1.82, 2.24) is 0 Å². The maximum atomic E-state index is 13.0. The minimum atomic E-state index is -4.79. The van der Waals surface area contributed by atoms with Gasteiger partial charge in [0.2, 0.25) is 0 Å². The van der Waals surface area contributed by atoms with E-state index in [1.807, 2.05) is 12.2 Å².